The molecular formula is C27H44O4Si. The fraction of sp³-hybridized carbons (Fsp3) is 0.593. The summed E-state index contributed by atoms with van der Waals surface area (Å²) < 4.78 is 19.1. The normalized spacial score (nSPS) is 14.9. The second-order valence-corrected chi connectivity index (χ2v) is 14.6. The molecule has 0 aliphatic carbocycles. The van der Waals surface area contributed by atoms with Crippen molar-refractivity contribution in [2.45, 2.75) is 103 Å². The van der Waals surface area contributed by atoms with Crippen LogP contribution in [0, 0.1) is 0 Å². The number of esters is 1. The molecule has 3 atom stereocenters. The summed E-state index contributed by atoms with van der Waals surface area (Å²) in [5.41, 5.74) is 1.07. The summed E-state index contributed by atoms with van der Waals surface area (Å²) in [6.07, 6.45) is 5.94. The van der Waals surface area contributed by atoms with E-state index in [4.69, 9.17) is 13.9 Å². The van der Waals surface area contributed by atoms with Gasteiger partial charge >= 0.3 is 5.97 Å². The molecule has 180 valence electrons. The minimum atomic E-state index is -2.10. The zero-order valence-electron chi connectivity index (χ0n) is 21.1. The number of benzene rings is 1. The predicted molar refractivity (Wildman–Crippen MR) is 136 cm³/mol. The molecule has 0 saturated carbocycles. The van der Waals surface area contributed by atoms with Crippen LogP contribution < -0.4 is 0 Å². The molecule has 0 aliphatic heterocycles. The molecule has 1 aromatic carbocycles. The zero-order valence-corrected chi connectivity index (χ0v) is 22.1. The second kappa shape index (κ2) is 13.8. The third kappa shape index (κ3) is 9.43. The number of allylic oxidation sites excluding steroid dienone is 1. The van der Waals surface area contributed by atoms with E-state index in [0.29, 0.717) is 19.4 Å². The monoisotopic (exact) mass is 460 g/mol. The van der Waals surface area contributed by atoms with Gasteiger partial charge in [0.25, 0.3) is 0 Å². The van der Waals surface area contributed by atoms with Crippen molar-refractivity contribution >= 4 is 14.3 Å². The summed E-state index contributed by atoms with van der Waals surface area (Å²) in [4.78, 5) is 12.6. The smallest absolute Gasteiger partial charge is 0.306 e. The highest BCUT2D eigenvalue weighted by atomic mass is 28.4. The Morgan fingerprint density at radius 1 is 1.16 bits per heavy atom. The highest BCUT2D eigenvalue weighted by Crippen LogP contribution is 2.38. The summed E-state index contributed by atoms with van der Waals surface area (Å²) in [6, 6.07) is 10.0. The summed E-state index contributed by atoms with van der Waals surface area (Å²) in [5, 5.41) is 0.0415. The van der Waals surface area contributed by atoms with Gasteiger partial charge in [-0.2, -0.15) is 0 Å². The van der Waals surface area contributed by atoms with Gasteiger partial charge in [0.1, 0.15) is 12.2 Å². The highest BCUT2D eigenvalue weighted by Gasteiger charge is 2.42. The number of rotatable bonds is 15. The van der Waals surface area contributed by atoms with Crippen molar-refractivity contribution in [2.24, 2.45) is 0 Å². The molecule has 0 heterocycles. The maximum Gasteiger partial charge on any atom is 0.306 e. The molecule has 0 aliphatic rings. The van der Waals surface area contributed by atoms with E-state index in [0.717, 1.165) is 24.8 Å². The minimum Gasteiger partial charge on any atom is -0.459 e. The third-order valence-electron chi connectivity index (χ3n) is 6.09. The average molecular weight is 461 g/mol. The molecule has 5 heteroatoms. The standard InChI is InChI=1S/C27H44O4Si/c1-9-12-14-20-25(28)30-24(17-10-2)26(29-21-22-18-15-13-16-19-22)23(11-3)31-32(7,8)27(4,5)6/h9,11,13,15-16,18-19,23-24,26H,1,3,10,12,14,17,20-21H2,2,4-8H3/t23-,24+,26-/m0/s1. The topological polar surface area (TPSA) is 44.8 Å². The molecule has 0 aromatic heterocycles. The van der Waals surface area contributed by atoms with Crippen molar-refractivity contribution in [1.82, 2.24) is 0 Å². The molecule has 0 amide bonds. The fourth-order valence-corrected chi connectivity index (χ4v) is 4.40. The molecular weight excluding hydrogens is 416 g/mol. The molecule has 0 saturated heterocycles. The lowest BCUT2D eigenvalue weighted by Crippen LogP contribution is -2.50. The number of carbonyl (C=O) groups excluding carboxylic acids is 1. The number of hydrogen-bond donors (Lipinski definition) is 0. The van der Waals surface area contributed by atoms with Crippen LogP contribution in [0.25, 0.3) is 0 Å². The molecule has 0 unspecified atom stereocenters. The second-order valence-electron chi connectivity index (χ2n) is 9.84. The van der Waals surface area contributed by atoms with E-state index >= 15 is 0 Å². The Morgan fingerprint density at radius 2 is 1.81 bits per heavy atom. The van der Waals surface area contributed by atoms with Gasteiger partial charge in [-0.05, 0) is 43.0 Å². The lowest BCUT2D eigenvalue weighted by molar-refractivity contribution is -0.164. The first kappa shape index (κ1) is 28.3. The molecule has 32 heavy (non-hydrogen) atoms. The molecule has 1 rings (SSSR count). The molecule has 0 bridgehead atoms. The third-order valence-corrected chi connectivity index (χ3v) is 10.6. The first-order valence-electron chi connectivity index (χ1n) is 11.8. The number of ether oxygens (including phenoxy) is 2. The van der Waals surface area contributed by atoms with E-state index < -0.39 is 20.5 Å². The largest absolute Gasteiger partial charge is 0.459 e. The van der Waals surface area contributed by atoms with Gasteiger partial charge < -0.3 is 13.9 Å². The van der Waals surface area contributed by atoms with Gasteiger partial charge in [0, 0.05) is 6.42 Å². The van der Waals surface area contributed by atoms with Crippen molar-refractivity contribution < 1.29 is 18.7 Å². The summed E-state index contributed by atoms with van der Waals surface area (Å²) in [7, 11) is -2.10. The van der Waals surface area contributed by atoms with Crippen LogP contribution in [0.5, 0.6) is 0 Å². The molecule has 0 N–H and O–H groups in total. The SMILES string of the molecule is C=CCCCC(=O)O[C@H](CCC)[C@@H](OCc1ccccc1)[C@H](C=C)O[Si](C)(C)C(C)(C)C. The van der Waals surface area contributed by atoms with Crippen molar-refractivity contribution in [1.29, 1.82) is 0 Å². The van der Waals surface area contributed by atoms with Crippen molar-refractivity contribution in [3.63, 3.8) is 0 Å². The van der Waals surface area contributed by atoms with E-state index in [9.17, 15) is 4.79 Å². The van der Waals surface area contributed by atoms with E-state index in [2.05, 4.69) is 53.9 Å². The minimum absolute atomic E-state index is 0.0415. The lowest BCUT2D eigenvalue weighted by atomic mass is 10.0. The Balaban J connectivity index is 3.13. The van der Waals surface area contributed by atoms with Crippen LogP contribution in [0.4, 0.5) is 0 Å². The van der Waals surface area contributed by atoms with Gasteiger partial charge in [-0.3, -0.25) is 4.79 Å². The van der Waals surface area contributed by atoms with Crippen LogP contribution in [0.3, 0.4) is 0 Å². The Morgan fingerprint density at radius 3 is 2.34 bits per heavy atom. The summed E-state index contributed by atoms with van der Waals surface area (Å²) in [6.45, 7) is 21.3. The van der Waals surface area contributed by atoms with E-state index in [1.807, 2.05) is 42.5 Å². The van der Waals surface area contributed by atoms with Crippen LogP contribution in [-0.4, -0.2) is 32.6 Å². The maximum absolute atomic E-state index is 12.6. The predicted octanol–water partition coefficient (Wildman–Crippen LogP) is 7.22. The zero-order chi connectivity index (χ0) is 24.2. The van der Waals surface area contributed by atoms with Gasteiger partial charge in [-0.15, -0.1) is 13.2 Å². The molecule has 0 fully saturated rings. The van der Waals surface area contributed by atoms with Crippen molar-refractivity contribution in [3.05, 3.63) is 61.2 Å². The first-order valence-corrected chi connectivity index (χ1v) is 14.7. The number of unbranched alkanes of at least 4 members (excludes halogenated alkanes) is 1. The molecule has 4 nitrogen and oxygen atoms in total. The Bertz CT molecular complexity index is 693. The van der Waals surface area contributed by atoms with E-state index in [1.54, 1.807) is 0 Å². The van der Waals surface area contributed by atoms with Crippen LogP contribution >= 0.6 is 0 Å². The number of hydrogen-bond acceptors (Lipinski definition) is 4. The average Bonchev–Trinajstić information content (AvgIpc) is 2.73. The van der Waals surface area contributed by atoms with Crippen LogP contribution in [0.2, 0.25) is 18.1 Å². The summed E-state index contributed by atoms with van der Waals surface area (Å²) >= 11 is 0. The van der Waals surface area contributed by atoms with E-state index in [-0.39, 0.29) is 17.1 Å². The highest BCUT2D eigenvalue weighted by molar-refractivity contribution is 6.74. The first-order chi connectivity index (χ1) is 15.1. The van der Waals surface area contributed by atoms with Crippen LogP contribution in [-0.2, 0) is 25.3 Å². The maximum atomic E-state index is 12.6. The quantitative estimate of drug-likeness (QED) is 0.120. The fourth-order valence-electron chi connectivity index (χ4n) is 3.14. The van der Waals surface area contributed by atoms with Gasteiger partial charge in [0.05, 0.1) is 12.7 Å². The summed E-state index contributed by atoms with van der Waals surface area (Å²) in [5.74, 6) is -0.200. The van der Waals surface area contributed by atoms with Gasteiger partial charge in [-0.25, -0.2) is 0 Å². The Hall–Kier alpha value is -1.69. The van der Waals surface area contributed by atoms with Crippen LogP contribution in [0.15, 0.2) is 55.6 Å². The Labute approximate surface area is 197 Å². The van der Waals surface area contributed by atoms with Gasteiger partial charge in [0.2, 0.25) is 0 Å². The van der Waals surface area contributed by atoms with Crippen molar-refractivity contribution in [2.75, 3.05) is 0 Å². The van der Waals surface area contributed by atoms with Crippen molar-refractivity contribution in [3.8, 4) is 0 Å². The molecule has 0 radical (unpaired) electrons. The lowest BCUT2D eigenvalue weighted by Gasteiger charge is -2.41. The van der Waals surface area contributed by atoms with Gasteiger partial charge in [0.15, 0.2) is 8.32 Å². The van der Waals surface area contributed by atoms with E-state index in [1.165, 1.54) is 0 Å². The Kier molecular flexibility index (Phi) is 12.2. The number of carbonyl (C=O) groups is 1. The van der Waals surface area contributed by atoms with Gasteiger partial charge in [-0.1, -0.05) is 76.6 Å². The molecule has 0 spiro atoms. The molecule has 1 aromatic rings. The van der Waals surface area contributed by atoms with Crippen LogP contribution in [0.1, 0.15) is 65.4 Å².